The predicted molar refractivity (Wildman–Crippen MR) is 138 cm³/mol. The quantitative estimate of drug-likeness (QED) is 0.173. The highest BCUT2D eigenvalue weighted by molar-refractivity contribution is 7.94. The van der Waals surface area contributed by atoms with Gasteiger partial charge in [0.1, 0.15) is 9.96 Å². The number of carbonyl (C=O) groups is 2. The number of thiophene rings is 1. The van der Waals surface area contributed by atoms with E-state index >= 15 is 0 Å². The second-order valence-corrected chi connectivity index (χ2v) is 11.5. The fraction of sp³-hybridized carbons (Fsp3) is 0.136. The first kappa shape index (κ1) is 26.0. The first-order valence-electron chi connectivity index (χ1n) is 10.4. The summed E-state index contributed by atoms with van der Waals surface area (Å²) in [6.45, 7) is -1.05. The van der Waals surface area contributed by atoms with Crippen LogP contribution in [0.3, 0.4) is 0 Å². The lowest BCUT2D eigenvalue weighted by atomic mass is 10.3. The lowest BCUT2D eigenvalue weighted by Crippen LogP contribution is -2.25. The van der Waals surface area contributed by atoms with Crippen LogP contribution in [-0.4, -0.2) is 50.5 Å². The summed E-state index contributed by atoms with van der Waals surface area (Å²) in [5, 5.41) is 15.2. The molecular formula is C22H18N4O8S3. The fourth-order valence-electron chi connectivity index (χ4n) is 3.00. The van der Waals surface area contributed by atoms with Crippen LogP contribution in [0.5, 0.6) is 5.75 Å². The number of esters is 1. The molecule has 0 saturated carbocycles. The number of aromatic nitrogens is 1. The highest BCUT2D eigenvalue weighted by Gasteiger charge is 2.22. The van der Waals surface area contributed by atoms with Crippen molar-refractivity contribution in [1.29, 1.82) is 0 Å². The summed E-state index contributed by atoms with van der Waals surface area (Å²) < 4.78 is 37.3. The molecule has 2 heterocycles. The summed E-state index contributed by atoms with van der Waals surface area (Å²) in [6, 6.07) is 13.4. The van der Waals surface area contributed by atoms with Gasteiger partial charge in [-0.2, -0.15) is 0 Å². The zero-order valence-corrected chi connectivity index (χ0v) is 21.5. The van der Waals surface area contributed by atoms with Gasteiger partial charge in [-0.15, -0.1) is 11.3 Å². The molecule has 0 saturated heterocycles. The standard InChI is InChI=1S/C22H18N4O8S3/c1-25(37(31,32)21-3-2-10-35-21)14-4-7-16(8-5-14)33-13-20(28)34-12-19(27)24-22-23-17-9-6-15(26(29)30)11-18(17)36-22/h2-11H,12-13H2,1H3,(H,23,24,27). The topological polar surface area (TPSA) is 158 Å². The van der Waals surface area contributed by atoms with Crippen molar-refractivity contribution >= 4 is 71.3 Å². The maximum atomic E-state index is 12.6. The number of fused-ring (bicyclic) bond motifs is 1. The van der Waals surface area contributed by atoms with Gasteiger partial charge < -0.3 is 9.47 Å². The van der Waals surface area contributed by atoms with E-state index in [1.54, 1.807) is 11.4 Å². The van der Waals surface area contributed by atoms with Crippen molar-refractivity contribution in [3.63, 3.8) is 0 Å². The summed E-state index contributed by atoms with van der Waals surface area (Å²) >= 11 is 2.17. The summed E-state index contributed by atoms with van der Waals surface area (Å²) in [4.78, 5) is 38.6. The van der Waals surface area contributed by atoms with Crippen LogP contribution in [0.1, 0.15) is 0 Å². The number of nitro groups is 1. The molecule has 0 bridgehead atoms. The number of hydrogen-bond acceptors (Lipinski definition) is 11. The first-order valence-corrected chi connectivity index (χ1v) is 13.5. The molecule has 0 radical (unpaired) electrons. The molecule has 0 aliphatic heterocycles. The molecule has 4 rings (SSSR count). The number of nitrogens with zero attached hydrogens (tertiary/aromatic N) is 3. The minimum absolute atomic E-state index is 0.0898. The third kappa shape index (κ3) is 6.19. The van der Waals surface area contributed by atoms with E-state index in [4.69, 9.17) is 9.47 Å². The van der Waals surface area contributed by atoms with Crippen molar-refractivity contribution < 1.29 is 32.4 Å². The van der Waals surface area contributed by atoms with Crippen molar-refractivity contribution in [2.24, 2.45) is 0 Å². The van der Waals surface area contributed by atoms with Crippen LogP contribution < -0.4 is 14.4 Å². The number of non-ortho nitro benzene ring substituents is 1. The van der Waals surface area contributed by atoms with E-state index in [0.29, 0.717) is 21.7 Å². The van der Waals surface area contributed by atoms with E-state index in [9.17, 15) is 28.1 Å². The van der Waals surface area contributed by atoms with Crippen LogP contribution >= 0.6 is 22.7 Å². The number of hydrogen-bond donors (Lipinski definition) is 1. The number of nitro benzene ring substituents is 1. The van der Waals surface area contributed by atoms with E-state index in [1.165, 1.54) is 55.6 Å². The summed E-state index contributed by atoms with van der Waals surface area (Å²) in [6.07, 6.45) is 0. The van der Waals surface area contributed by atoms with E-state index in [-0.39, 0.29) is 15.0 Å². The van der Waals surface area contributed by atoms with Gasteiger partial charge in [-0.05, 0) is 41.8 Å². The Morgan fingerprint density at radius 2 is 1.89 bits per heavy atom. The zero-order valence-electron chi connectivity index (χ0n) is 19.0. The minimum Gasteiger partial charge on any atom is -0.482 e. The Morgan fingerprint density at radius 3 is 2.57 bits per heavy atom. The van der Waals surface area contributed by atoms with Crippen LogP contribution in [-0.2, 0) is 24.3 Å². The van der Waals surface area contributed by atoms with Crippen molar-refractivity contribution in [3.05, 3.63) is 70.1 Å². The molecule has 0 aliphatic carbocycles. The largest absolute Gasteiger partial charge is 0.482 e. The van der Waals surface area contributed by atoms with Gasteiger partial charge in [-0.3, -0.25) is 24.5 Å². The smallest absolute Gasteiger partial charge is 0.344 e. The number of rotatable bonds is 10. The van der Waals surface area contributed by atoms with Gasteiger partial charge in [-0.1, -0.05) is 17.4 Å². The van der Waals surface area contributed by atoms with Gasteiger partial charge in [0.2, 0.25) is 0 Å². The number of sulfonamides is 1. The second-order valence-electron chi connectivity index (χ2n) is 7.32. The Balaban J connectivity index is 1.24. The average Bonchev–Trinajstić information content (AvgIpc) is 3.56. The molecular weight excluding hydrogens is 544 g/mol. The molecule has 1 amide bonds. The second kappa shape index (κ2) is 10.9. The number of amides is 1. The molecule has 0 fully saturated rings. The third-order valence-corrected chi connectivity index (χ3v) is 8.95. The molecule has 1 N–H and O–H groups in total. The first-order chi connectivity index (χ1) is 17.6. The van der Waals surface area contributed by atoms with Crippen molar-refractivity contribution in [2.45, 2.75) is 4.21 Å². The lowest BCUT2D eigenvalue weighted by molar-refractivity contribution is -0.384. The number of nitrogens with one attached hydrogen (secondary N) is 1. The monoisotopic (exact) mass is 562 g/mol. The summed E-state index contributed by atoms with van der Waals surface area (Å²) in [7, 11) is -2.23. The van der Waals surface area contributed by atoms with E-state index in [0.717, 1.165) is 27.0 Å². The Bertz CT molecular complexity index is 1550. The van der Waals surface area contributed by atoms with Gasteiger partial charge in [0, 0.05) is 19.2 Å². The number of thiazole rings is 1. The number of carbonyl (C=O) groups excluding carboxylic acids is 2. The van der Waals surface area contributed by atoms with Crippen molar-refractivity contribution in [2.75, 3.05) is 29.9 Å². The van der Waals surface area contributed by atoms with Crippen LogP contribution in [0.25, 0.3) is 10.2 Å². The normalized spacial score (nSPS) is 11.2. The molecule has 37 heavy (non-hydrogen) atoms. The molecule has 2 aromatic carbocycles. The number of anilines is 2. The van der Waals surface area contributed by atoms with Crippen LogP contribution in [0, 0.1) is 10.1 Å². The minimum atomic E-state index is -3.67. The Hall–Kier alpha value is -4.08. The molecule has 192 valence electrons. The Labute approximate surface area is 218 Å². The van der Waals surface area contributed by atoms with Crippen LogP contribution in [0.15, 0.2) is 64.2 Å². The lowest BCUT2D eigenvalue weighted by Gasteiger charge is -2.18. The maximum absolute atomic E-state index is 12.6. The predicted octanol–water partition coefficient (Wildman–Crippen LogP) is 3.65. The molecule has 0 atom stereocenters. The van der Waals surface area contributed by atoms with Crippen LogP contribution in [0.4, 0.5) is 16.5 Å². The van der Waals surface area contributed by atoms with Gasteiger partial charge in [0.15, 0.2) is 18.3 Å². The maximum Gasteiger partial charge on any atom is 0.344 e. The highest BCUT2D eigenvalue weighted by atomic mass is 32.2. The average molecular weight is 563 g/mol. The molecule has 15 heteroatoms. The molecule has 4 aromatic rings. The van der Waals surface area contributed by atoms with Gasteiger partial charge in [0.05, 0.1) is 20.8 Å². The molecule has 0 aliphatic rings. The highest BCUT2D eigenvalue weighted by Crippen LogP contribution is 2.29. The van der Waals surface area contributed by atoms with E-state index in [2.05, 4.69) is 10.3 Å². The molecule has 0 spiro atoms. The van der Waals surface area contributed by atoms with Crippen LogP contribution in [0.2, 0.25) is 0 Å². The van der Waals surface area contributed by atoms with Gasteiger partial charge in [0.25, 0.3) is 21.6 Å². The zero-order chi connectivity index (χ0) is 26.6. The molecule has 0 unspecified atom stereocenters. The van der Waals surface area contributed by atoms with E-state index < -0.39 is 40.0 Å². The van der Waals surface area contributed by atoms with Gasteiger partial charge in [-0.25, -0.2) is 18.2 Å². The summed E-state index contributed by atoms with van der Waals surface area (Å²) in [5.41, 5.74) is 0.801. The van der Waals surface area contributed by atoms with Crippen molar-refractivity contribution in [1.82, 2.24) is 4.98 Å². The van der Waals surface area contributed by atoms with E-state index in [1.807, 2.05) is 0 Å². The Kier molecular flexibility index (Phi) is 7.66. The number of ether oxygens (including phenoxy) is 2. The summed E-state index contributed by atoms with van der Waals surface area (Å²) in [5.74, 6) is -1.13. The fourth-order valence-corrected chi connectivity index (χ4v) is 6.27. The molecule has 2 aromatic heterocycles. The third-order valence-electron chi connectivity index (χ3n) is 4.86. The SMILES string of the molecule is CN(c1ccc(OCC(=O)OCC(=O)Nc2nc3ccc([N+](=O)[O-])cc3s2)cc1)S(=O)(=O)c1cccs1. The Morgan fingerprint density at radius 1 is 1.14 bits per heavy atom. The van der Waals surface area contributed by atoms with Gasteiger partial charge >= 0.3 is 5.97 Å². The number of benzene rings is 2. The van der Waals surface area contributed by atoms with Crippen molar-refractivity contribution in [3.8, 4) is 5.75 Å². The molecule has 12 nitrogen and oxygen atoms in total.